The lowest BCUT2D eigenvalue weighted by Gasteiger charge is -1.96. The Hall–Kier alpha value is -1.57. The summed E-state index contributed by atoms with van der Waals surface area (Å²) in [6.45, 7) is 2.15. The molecule has 1 aliphatic carbocycles. The zero-order valence-corrected chi connectivity index (χ0v) is 9.60. The van der Waals surface area contributed by atoms with Crippen molar-refractivity contribution in [1.82, 2.24) is 4.57 Å². The molecule has 2 heteroatoms. The van der Waals surface area contributed by atoms with Crippen LogP contribution in [-0.2, 0) is 7.05 Å². The first-order valence-corrected chi connectivity index (χ1v) is 5.77. The second kappa shape index (κ2) is 3.21. The molecule has 1 saturated carbocycles. The number of hydrogen-bond acceptors (Lipinski definition) is 1. The number of ketones is 1. The second-order valence-corrected chi connectivity index (χ2v) is 4.85. The number of aromatic nitrogens is 1. The highest BCUT2D eigenvalue weighted by molar-refractivity contribution is 6.10. The van der Waals surface area contributed by atoms with Crippen molar-refractivity contribution in [3.05, 3.63) is 36.0 Å². The molecule has 2 unspecified atom stereocenters. The summed E-state index contributed by atoms with van der Waals surface area (Å²) in [6, 6.07) is 8.10. The van der Waals surface area contributed by atoms with Gasteiger partial charge < -0.3 is 4.57 Å². The highest BCUT2D eigenvalue weighted by atomic mass is 16.1. The van der Waals surface area contributed by atoms with Crippen molar-refractivity contribution < 1.29 is 4.79 Å². The zero-order valence-electron chi connectivity index (χ0n) is 9.60. The average molecular weight is 213 g/mol. The molecule has 0 spiro atoms. The van der Waals surface area contributed by atoms with E-state index in [2.05, 4.69) is 13.0 Å². The average Bonchev–Trinajstić information content (AvgIpc) is 2.92. The Bertz CT molecular complexity index is 567. The Balaban J connectivity index is 2.13. The lowest BCUT2D eigenvalue weighted by atomic mass is 10.1. The van der Waals surface area contributed by atoms with E-state index in [0.29, 0.717) is 11.7 Å². The van der Waals surface area contributed by atoms with Gasteiger partial charge in [0.2, 0.25) is 0 Å². The molecule has 0 aliphatic heterocycles. The fourth-order valence-electron chi connectivity index (χ4n) is 2.43. The first kappa shape index (κ1) is 9.64. The minimum absolute atomic E-state index is 0.269. The fraction of sp³-hybridized carbons (Fsp3) is 0.357. The van der Waals surface area contributed by atoms with E-state index in [-0.39, 0.29) is 5.92 Å². The predicted molar refractivity (Wildman–Crippen MR) is 64.5 cm³/mol. The van der Waals surface area contributed by atoms with Crippen molar-refractivity contribution in [1.29, 1.82) is 0 Å². The largest absolute Gasteiger partial charge is 0.350 e. The first-order valence-electron chi connectivity index (χ1n) is 5.77. The Labute approximate surface area is 94.9 Å². The fourth-order valence-corrected chi connectivity index (χ4v) is 2.43. The van der Waals surface area contributed by atoms with E-state index in [1.54, 1.807) is 0 Å². The van der Waals surface area contributed by atoms with Crippen molar-refractivity contribution in [2.24, 2.45) is 18.9 Å². The molecule has 0 radical (unpaired) electrons. The Morgan fingerprint density at radius 1 is 1.38 bits per heavy atom. The van der Waals surface area contributed by atoms with Crippen LogP contribution in [0.2, 0.25) is 0 Å². The Morgan fingerprint density at radius 3 is 2.75 bits per heavy atom. The zero-order chi connectivity index (χ0) is 11.3. The van der Waals surface area contributed by atoms with E-state index in [0.717, 1.165) is 22.9 Å². The van der Waals surface area contributed by atoms with Crippen LogP contribution < -0.4 is 0 Å². The summed E-state index contributed by atoms with van der Waals surface area (Å²) in [5.41, 5.74) is 2.03. The Morgan fingerprint density at radius 2 is 2.06 bits per heavy atom. The molecular formula is C14H15NO. The van der Waals surface area contributed by atoms with Crippen molar-refractivity contribution in [3.63, 3.8) is 0 Å². The van der Waals surface area contributed by atoms with E-state index < -0.39 is 0 Å². The van der Waals surface area contributed by atoms with E-state index in [4.69, 9.17) is 0 Å². The number of hydrogen-bond donors (Lipinski definition) is 0. The summed E-state index contributed by atoms with van der Waals surface area (Å²) in [4.78, 5) is 12.2. The molecule has 1 aliphatic rings. The van der Waals surface area contributed by atoms with Crippen LogP contribution in [-0.4, -0.2) is 10.4 Å². The standard InChI is InChI=1S/C14H15NO/c1-9-7-11(9)14(16)12-8-15(2)13-6-4-3-5-10(12)13/h3-6,8-9,11H,7H2,1-2H3. The molecule has 0 saturated heterocycles. The number of carbonyl (C=O) groups excluding carboxylic acids is 1. The molecule has 1 fully saturated rings. The van der Waals surface area contributed by atoms with Crippen molar-refractivity contribution >= 4 is 16.7 Å². The third-order valence-corrected chi connectivity index (χ3v) is 3.61. The van der Waals surface area contributed by atoms with Gasteiger partial charge >= 0.3 is 0 Å². The van der Waals surface area contributed by atoms with Crippen LogP contribution in [0, 0.1) is 11.8 Å². The van der Waals surface area contributed by atoms with E-state index in [9.17, 15) is 4.79 Å². The normalized spacial score (nSPS) is 23.6. The van der Waals surface area contributed by atoms with Gasteiger partial charge in [-0.05, 0) is 18.4 Å². The minimum atomic E-state index is 0.269. The number of nitrogens with zero attached hydrogens (tertiary/aromatic N) is 1. The van der Waals surface area contributed by atoms with Crippen LogP contribution in [0.5, 0.6) is 0 Å². The molecule has 1 aromatic heterocycles. The molecule has 1 aromatic carbocycles. The van der Waals surface area contributed by atoms with Gasteiger partial charge in [-0.3, -0.25) is 4.79 Å². The molecule has 2 aromatic rings. The lowest BCUT2D eigenvalue weighted by Crippen LogP contribution is -2.01. The van der Waals surface area contributed by atoms with Gasteiger partial charge in [-0.1, -0.05) is 25.1 Å². The van der Waals surface area contributed by atoms with Gasteiger partial charge in [0.05, 0.1) is 0 Å². The van der Waals surface area contributed by atoms with Crippen LogP contribution in [0.1, 0.15) is 23.7 Å². The SMILES string of the molecule is CC1CC1C(=O)c1cn(C)c2ccccc12. The van der Waals surface area contributed by atoms with E-state index >= 15 is 0 Å². The summed E-state index contributed by atoms with van der Waals surface area (Å²) in [5, 5.41) is 1.09. The van der Waals surface area contributed by atoms with Crippen molar-refractivity contribution in [3.8, 4) is 0 Å². The number of benzene rings is 1. The third-order valence-electron chi connectivity index (χ3n) is 3.61. The summed E-state index contributed by atoms with van der Waals surface area (Å²) < 4.78 is 2.04. The number of para-hydroxylation sites is 1. The molecule has 16 heavy (non-hydrogen) atoms. The second-order valence-electron chi connectivity index (χ2n) is 4.85. The van der Waals surface area contributed by atoms with Gasteiger partial charge in [0, 0.05) is 35.6 Å². The number of aryl methyl sites for hydroxylation is 1. The molecule has 1 heterocycles. The van der Waals surface area contributed by atoms with Gasteiger partial charge in [0.15, 0.2) is 5.78 Å². The minimum Gasteiger partial charge on any atom is -0.350 e. The summed E-state index contributed by atoms with van der Waals surface area (Å²) >= 11 is 0. The number of Topliss-reactive ketones (excluding diaryl/α,β-unsaturated/α-hetero) is 1. The number of rotatable bonds is 2. The molecule has 3 rings (SSSR count). The molecule has 0 amide bonds. The van der Waals surface area contributed by atoms with Gasteiger partial charge in [-0.2, -0.15) is 0 Å². The maximum Gasteiger partial charge on any atom is 0.168 e. The van der Waals surface area contributed by atoms with Gasteiger partial charge in [-0.25, -0.2) is 0 Å². The van der Waals surface area contributed by atoms with Crippen molar-refractivity contribution in [2.75, 3.05) is 0 Å². The first-order chi connectivity index (χ1) is 7.68. The van der Waals surface area contributed by atoms with Crippen LogP contribution >= 0.6 is 0 Å². The van der Waals surface area contributed by atoms with Crippen LogP contribution in [0.25, 0.3) is 10.9 Å². The van der Waals surface area contributed by atoms with Gasteiger partial charge in [0.1, 0.15) is 0 Å². The topological polar surface area (TPSA) is 22.0 Å². The number of carbonyl (C=O) groups is 1. The summed E-state index contributed by atoms with van der Waals surface area (Å²) in [6.07, 6.45) is 3.03. The van der Waals surface area contributed by atoms with Crippen LogP contribution in [0.15, 0.2) is 30.5 Å². The van der Waals surface area contributed by atoms with Gasteiger partial charge in [-0.15, -0.1) is 0 Å². The molecule has 2 nitrogen and oxygen atoms in total. The monoisotopic (exact) mass is 213 g/mol. The smallest absolute Gasteiger partial charge is 0.168 e. The molecule has 2 atom stereocenters. The van der Waals surface area contributed by atoms with Crippen LogP contribution in [0.3, 0.4) is 0 Å². The third kappa shape index (κ3) is 1.29. The number of fused-ring (bicyclic) bond motifs is 1. The lowest BCUT2D eigenvalue weighted by molar-refractivity contribution is 0.0964. The maximum absolute atomic E-state index is 12.2. The predicted octanol–water partition coefficient (Wildman–Crippen LogP) is 3.02. The Kier molecular flexibility index (Phi) is 1.93. The molecule has 0 N–H and O–H groups in total. The quantitative estimate of drug-likeness (QED) is 0.703. The van der Waals surface area contributed by atoms with E-state index in [1.807, 2.05) is 36.0 Å². The van der Waals surface area contributed by atoms with Crippen molar-refractivity contribution in [2.45, 2.75) is 13.3 Å². The highest BCUT2D eigenvalue weighted by Gasteiger charge is 2.40. The van der Waals surface area contributed by atoms with Crippen LogP contribution in [0.4, 0.5) is 0 Å². The summed E-state index contributed by atoms with van der Waals surface area (Å²) in [7, 11) is 2.00. The highest BCUT2D eigenvalue weighted by Crippen LogP contribution is 2.41. The van der Waals surface area contributed by atoms with E-state index in [1.165, 1.54) is 0 Å². The maximum atomic E-state index is 12.2. The molecule has 82 valence electrons. The van der Waals surface area contributed by atoms with Gasteiger partial charge in [0.25, 0.3) is 0 Å². The molecular weight excluding hydrogens is 198 g/mol. The molecule has 0 bridgehead atoms. The summed E-state index contributed by atoms with van der Waals surface area (Å²) in [5.74, 6) is 1.17.